The fraction of sp³-hybridized carbons (Fsp3) is 0.125. The van der Waals surface area contributed by atoms with Crippen LogP contribution >= 0.6 is 0 Å². The second-order valence-electron chi connectivity index (χ2n) is 5.00. The van der Waals surface area contributed by atoms with Gasteiger partial charge in [0.05, 0.1) is 0 Å². The third kappa shape index (κ3) is 2.23. The van der Waals surface area contributed by atoms with Crippen molar-refractivity contribution in [2.75, 3.05) is 5.32 Å². The predicted octanol–water partition coefficient (Wildman–Crippen LogP) is 2.47. The molecule has 3 rings (SSSR count). The summed E-state index contributed by atoms with van der Waals surface area (Å²) in [5.41, 5.74) is 2.93. The van der Waals surface area contributed by atoms with Crippen LogP contribution < -0.4 is 14.8 Å². The Morgan fingerprint density at radius 1 is 0.810 bits per heavy atom. The Labute approximate surface area is 122 Å². The van der Waals surface area contributed by atoms with Gasteiger partial charge >= 0.3 is 5.82 Å². The van der Waals surface area contributed by atoms with E-state index in [1.165, 1.54) is 0 Å². The summed E-state index contributed by atoms with van der Waals surface area (Å²) < 4.78 is 1.54. The number of aromatic nitrogens is 2. The van der Waals surface area contributed by atoms with Crippen molar-refractivity contribution in [2.45, 2.75) is 13.8 Å². The van der Waals surface area contributed by atoms with Gasteiger partial charge in [-0.05, 0) is 25.1 Å². The Hall–Kier alpha value is -2.82. The Kier molecular flexibility index (Phi) is 3.10. The Morgan fingerprint density at radius 2 is 1.38 bits per heavy atom. The van der Waals surface area contributed by atoms with Crippen molar-refractivity contribution in [3.63, 3.8) is 0 Å². The van der Waals surface area contributed by atoms with Gasteiger partial charge in [0, 0.05) is 13.0 Å². The molecule has 0 unspecified atom stereocenters. The summed E-state index contributed by atoms with van der Waals surface area (Å²) in [6.45, 7) is 3.62. The van der Waals surface area contributed by atoms with E-state index in [-0.39, 0.29) is 5.82 Å². The molecular formula is C16H15N3O2. The van der Waals surface area contributed by atoms with Crippen LogP contribution in [0.15, 0.2) is 48.5 Å². The number of rotatable bonds is 2. The van der Waals surface area contributed by atoms with E-state index in [0.717, 1.165) is 20.7 Å². The summed E-state index contributed by atoms with van der Waals surface area (Å²) in [4.78, 5) is 0. The molecule has 0 saturated carbocycles. The molecule has 0 atom stereocenters. The van der Waals surface area contributed by atoms with E-state index in [1.54, 1.807) is 31.2 Å². The highest BCUT2D eigenvalue weighted by Crippen LogP contribution is 2.18. The van der Waals surface area contributed by atoms with Crippen LogP contribution in [0.5, 0.6) is 0 Å². The molecule has 5 heteroatoms. The van der Waals surface area contributed by atoms with Crippen molar-refractivity contribution in [3.8, 4) is 0 Å². The molecule has 1 aromatic heterocycles. The molecule has 0 saturated heterocycles. The molecule has 5 nitrogen and oxygen atoms in total. The molecule has 0 aliphatic rings. The van der Waals surface area contributed by atoms with Crippen LogP contribution in [0.2, 0.25) is 0 Å². The summed E-state index contributed by atoms with van der Waals surface area (Å²) >= 11 is 0. The van der Waals surface area contributed by atoms with Crippen molar-refractivity contribution in [1.29, 1.82) is 0 Å². The first-order valence-electron chi connectivity index (χ1n) is 6.66. The summed E-state index contributed by atoms with van der Waals surface area (Å²) in [5, 5.41) is 27.8. The lowest BCUT2D eigenvalue weighted by atomic mass is 10.2. The van der Waals surface area contributed by atoms with Crippen LogP contribution in [0, 0.1) is 24.3 Å². The lowest BCUT2D eigenvalue weighted by Crippen LogP contribution is -2.43. The van der Waals surface area contributed by atoms with Gasteiger partial charge in [-0.3, -0.25) is 0 Å². The minimum absolute atomic E-state index is 0.243. The molecule has 0 aliphatic carbocycles. The predicted molar refractivity (Wildman–Crippen MR) is 81.1 cm³/mol. The van der Waals surface area contributed by atoms with Crippen molar-refractivity contribution < 1.29 is 9.46 Å². The van der Waals surface area contributed by atoms with Crippen molar-refractivity contribution in [2.24, 2.45) is 0 Å². The zero-order valence-electron chi connectivity index (χ0n) is 11.8. The molecule has 0 bridgehead atoms. The van der Waals surface area contributed by atoms with Gasteiger partial charge in [-0.25, -0.2) is 10.0 Å². The van der Waals surface area contributed by atoms with Crippen LogP contribution in [0.4, 0.5) is 11.5 Å². The Balaban J connectivity index is 2.16. The fourth-order valence-electron chi connectivity index (χ4n) is 2.27. The van der Waals surface area contributed by atoms with Crippen LogP contribution in [0.3, 0.4) is 0 Å². The number of nitrogens with one attached hydrogen (secondary N) is 1. The largest absolute Gasteiger partial charge is 0.710 e. The second kappa shape index (κ2) is 4.94. The van der Waals surface area contributed by atoms with Crippen LogP contribution in [0.1, 0.15) is 11.3 Å². The average Bonchev–Trinajstić information content (AvgIpc) is 2.51. The smallest absolute Gasteiger partial charge is 0.352 e. The van der Waals surface area contributed by atoms with Gasteiger partial charge in [0.1, 0.15) is 5.69 Å². The van der Waals surface area contributed by atoms with Crippen LogP contribution in [-0.4, -0.2) is 0 Å². The number of para-hydroxylation sites is 2. The SMILES string of the molecule is Cc1ccc(Nc2c(C)[n+]([O-])c3ccccc3[n+]2[O-])cc1. The van der Waals surface area contributed by atoms with E-state index in [9.17, 15) is 10.4 Å². The zero-order valence-corrected chi connectivity index (χ0v) is 11.8. The van der Waals surface area contributed by atoms with Gasteiger partial charge in [0.15, 0.2) is 0 Å². The van der Waals surface area contributed by atoms with E-state index in [2.05, 4.69) is 5.32 Å². The standard InChI is InChI=1S/C16H15N3O2/c1-11-7-9-13(10-8-11)17-16-12(2)18(20)14-5-3-4-6-15(14)19(16)21/h3-10,17H,1-2H3. The molecule has 3 aromatic rings. The molecule has 0 fully saturated rings. The maximum absolute atomic E-state index is 12.5. The third-order valence-electron chi connectivity index (χ3n) is 3.48. The van der Waals surface area contributed by atoms with Gasteiger partial charge in [0.2, 0.25) is 5.52 Å². The molecular weight excluding hydrogens is 266 g/mol. The number of benzene rings is 2. The van der Waals surface area contributed by atoms with E-state index in [1.807, 2.05) is 31.2 Å². The van der Waals surface area contributed by atoms with Gasteiger partial charge in [-0.2, -0.15) is 4.73 Å². The molecule has 1 N–H and O–H groups in total. The molecule has 1 heterocycles. The van der Waals surface area contributed by atoms with Gasteiger partial charge in [0.25, 0.3) is 11.2 Å². The molecule has 0 amide bonds. The monoisotopic (exact) mass is 281 g/mol. The summed E-state index contributed by atoms with van der Waals surface area (Å²) in [5.74, 6) is 0.243. The van der Waals surface area contributed by atoms with Gasteiger partial charge in [-0.15, -0.1) is 0 Å². The highest BCUT2D eigenvalue weighted by molar-refractivity contribution is 5.69. The number of hydrogen-bond donors (Lipinski definition) is 1. The number of nitrogens with zero attached hydrogens (tertiary/aromatic N) is 2. The van der Waals surface area contributed by atoms with Crippen molar-refractivity contribution in [3.05, 3.63) is 70.2 Å². The number of aryl methyl sites for hydroxylation is 1. The Bertz CT molecular complexity index is 814. The van der Waals surface area contributed by atoms with E-state index in [4.69, 9.17) is 0 Å². The minimum Gasteiger partial charge on any atom is -0.710 e. The maximum atomic E-state index is 12.5. The minimum atomic E-state index is 0.243. The fourth-order valence-corrected chi connectivity index (χ4v) is 2.27. The maximum Gasteiger partial charge on any atom is 0.352 e. The van der Waals surface area contributed by atoms with Crippen molar-refractivity contribution in [1.82, 2.24) is 0 Å². The second-order valence-corrected chi connectivity index (χ2v) is 5.00. The lowest BCUT2D eigenvalue weighted by Gasteiger charge is -2.14. The van der Waals surface area contributed by atoms with Crippen LogP contribution in [-0.2, 0) is 0 Å². The normalized spacial score (nSPS) is 10.8. The third-order valence-corrected chi connectivity index (χ3v) is 3.48. The Morgan fingerprint density at radius 3 is 2.00 bits per heavy atom. The zero-order chi connectivity index (χ0) is 15.0. The molecule has 0 aliphatic heterocycles. The number of anilines is 2. The van der Waals surface area contributed by atoms with Gasteiger partial charge in [-0.1, -0.05) is 29.8 Å². The molecule has 2 aromatic carbocycles. The lowest BCUT2D eigenvalue weighted by molar-refractivity contribution is -0.623. The average molecular weight is 281 g/mol. The number of fused-ring (bicyclic) bond motifs is 1. The first-order valence-corrected chi connectivity index (χ1v) is 6.66. The molecule has 106 valence electrons. The quantitative estimate of drug-likeness (QED) is 0.579. The summed E-state index contributed by atoms with van der Waals surface area (Å²) in [7, 11) is 0. The number of hydrogen-bond acceptors (Lipinski definition) is 3. The van der Waals surface area contributed by atoms with E-state index < -0.39 is 0 Å². The summed E-state index contributed by atoms with van der Waals surface area (Å²) in [6, 6.07) is 14.4. The highest BCUT2D eigenvalue weighted by atomic mass is 16.5. The van der Waals surface area contributed by atoms with Gasteiger partial charge < -0.3 is 10.4 Å². The topological polar surface area (TPSA) is 65.9 Å². The first kappa shape index (κ1) is 13.2. The van der Waals surface area contributed by atoms with Crippen molar-refractivity contribution >= 4 is 22.5 Å². The van der Waals surface area contributed by atoms with Crippen LogP contribution in [0.25, 0.3) is 11.0 Å². The van der Waals surface area contributed by atoms with E-state index in [0.29, 0.717) is 16.7 Å². The summed E-state index contributed by atoms with van der Waals surface area (Å²) in [6.07, 6.45) is 0. The molecule has 21 heavy (non-hydrogen) atoms. The molecule has 0 radical (unpaired) electrons. The molecule has 0 spiro atoms. The first-order chi connectivity index (χ1) is 10.1. The van der Waals surface area contributed by atoms with E-state index >= 15 is 0 Å². The highest BCUT2D eigenvalue weighted by Gasteiger charge is 2.22.